The van der Waals surface area contributed by atoms with Crippen LogP contribution in [0.4, 0.5) is 5.69 Å². The first-order valence-corrected chi connectivity index (χ1v) is 12.9. The van der Waals surface area contributed by atoms with Crippen LogP contribution >= 0.6 is 0 Å². The zero-order chi connectivity index (χ0) is 24.7. The van der Waals surface area contributed by atoms with Crippen LogP contribution in [0.2, 0.25) is 0 Å². The van der Waals surface area contributed by atoms with E-state index in [1.54, 1.807) is 12.1 Å². The zero-order valence-corrected chi connectivity index (χ0v) is 19.9. The van der Waals surface area contributed by atoms with Crippen LogP contribution in [0.25, 0.3) is 6.08 Å². The molecule has 3 aromatic carbocycles. The first-order chi connectivity index (χ1) is 16.9. The molecule has 3 aromatic rings. The van der Waals surface area contributed by atoms with E-state index in [-0.39, 0.29) is 11.9 Å². The average Bonchev–Trinajstić information content (AvgIpc) is 3.68. The maximum absolute atomic E-state index is 12.9. The number of rotatable bonds is 10. The highest BCUT2D eigenvalue weighted by Gasteiger charge is 2.28. The van der Waals surface area contributed by atoms with Gasteiger partial charge >= 0.3 is 0 Å². The Labute approximate surface area is 205 Å². The van der Waals surface area contributed by atoms with Gasteiger partial charge in [0.15, 0.2) is 0 Å². The number of sulfonamides is 1. The summed E-state index contributed by atoms with van der Waals surface area (Å²) in [5.74, 6) is -0.616. The summed E-state index contributed by atoms with van der Waals surface area (Å²) in [6, 6.07) is 24.1. The Balaban J connectivity index is 1.40. The topological polar surface area (TPSA) is 104 Å². The Morgan fingerprint density at radius 2 is 1.51 bits per heavy atom. The molecular formula is C27H27N3O4S. The lowest BCUT2D eigenvalue weighted by Crippen LogP contribution is -2.48. The van der Waals surface area contributed by atoms with E-state index in [1.807, 2.05) is 48.5 Å². The van der Waals surface area contributed by atoms with Gasteiger partial charge in [-0.2, -0.15) is 0 Å². The van der Waals surface area contributed by atoms with E-state index < -0.39 is 22.0 Å². The van der Waals surface area contributed by atoms with Crippen molar-refractivity contribution in [2.45, 2.75) is 31.3 Å². The number of hydrogen-bond acceptors (Lipinski definition) is 4. The highest BCUT2D eigenvalue weighted by atomic mass is 32.2. The summed E-state index contributed by atoms with van der Waals surface area (Å²) >= 11 is 0. The monoisotopic (exact) mass is 489 g/mol. The van der Waals surface area contributed by atoms with Gasteiger partial charge in [0, 0.05) is 23.7 Å². The molecule has 1 unspecified atom stereocenters. The normalized spacial score (nSPS) is 14.3. The van der Waals surface area contributed by atoms with Crippen LogP contribution in [0, 0.1) is 0 Å². The van der Waals surface area contributed by atoms with Crippen molar-refractivity contribution in [3.63, 3.8) is 0 Å². The van der Waals surface area contributed by atoms with Gasteiger partial charge in [0.25, 0.3) is 15.9 Å². The molecule has 0 bridgehead atoms. The van der Waals surface area contributed by atoms with Crippen LogP contribution in [0.1, 0.15) is 34.3 Å². The van der Waals surface area contributed by atoms with Gasteiger partial charge in [-0.3, -0.25) is 14.3 Å². The van der Waals surface area contributed by atoms with Crippen LogP contribution in [-0.4, -0.2) is 32.3 Å². The molecule has 8 heteroatoms. The smallest absolute Gasteiger partial charge is 0.255 e. The molecule has 0 heterocycles. The summed E-state index contributed by atoms with van der Waals surface area (Å²) in [5.41, 5.74) is 2.36. The lowest BCUT2D eigenvalue weighted by Gasteiger charge is -2.19. The van der Waals surface area contributed by atoms with Gasteiger partial charge in [-0.1, -0.05) is 60.7 Å². The Kier molecular flexibility index (Phi) is 7.62. The number of hydrogen-bond donors (Lipinski definition) is 3. The van der Waals surface area contributed by atoms with Crippen molar-refractivity contribution in [1.82, 2.24) is 10.6 Å². The van der Waals surface area contributed by atoms with Crippen molar-refractivity contribution >= 4 is 33.6 Å². The molecule has 0 spiro atoms. The van der Waals surface area contributed by atoms with Crippen molar-refractivity contribution in [2.24, 2.45) is 0 Å². The number of nitrogens with one attached hydrogen (secondary N) is 3. The molecule has 0 radical (unpaired) electrons. The minimum atomic E-state index is -3.72. The van der Waals surface area contributed by atoms with Crippen molar-refractivity contribution in [2.75, 3.05) is 4.72 Å². The minimum absolute atomic E-state index is 0.181. The highest BCUT2D eigenvalue weighted by molar-refractivity contribution is 7.95. The van der Waals surface area contributed by atoms with Crippen LogP contribution in [0.3, 0.4) is 0 Å². The van der Waals surface area contributed by atoms with Crippen LogP contribution < -0.4 is 15.4 Å². The molecular weight excluding hydrogens is 462 g/mol. The molecule has 1 saturated carbocycles. The molecule has 3 N–H and O–H groups in total. The van der Waals surface area contributed by atoms with E-state index in [2.05, 4.69) is 15.4 Å². The summed E-state index contributed by atoms with van der Waals surface area (Å²) < 4.78 is 27.2. The van der Waals surface area contributed by atoms with Crippen LogP contribution in [-0.2, 0) is 21.2 Å². The van der Waals surface area contributed by atoms with Crippen molar-refractivity contribution < 1.29 is 18.0 Å². The van der Waals surface area contributed by atoms with Crippen LogP contribution in [0.15, 0.2) is 90.3 Å². The second-order valence-electron chi connectivity index (χ2n) is 8.44. The van der Waals surface area contributed by atoms with Gasteiger partial charge in [0.1, 0.15) is 6.04 Å². The van der Waals surface area contributed by atoms with Gasteiger partial charge < -0.3 is 10.6 Å². The zero-order valence-electron chi connectivity index (χ0n) is 19.1. The van der Waals surface area contributed by atoms with E-state index in [0.29, 0.717) is 17.7 Å². The third kappa shape index (κ3) is 7.55. The number of amides is 2. The largest absolute Gasteiger partial charge is 0.352 e. The Morgan fingerprint density at radius 3 is 2.14 bits per heavy atom. The summed E-state index contributed by atoms with van der Waals surface area (Å²) in [7, 11) is -3.72. The standard InChI is InChI=1S/C27H27N3O4S/c31-26(29-25(27(32)28-23-15-16-23)19-21-9-5-2-6-10-21)22-11-13-24(14-12-22)30-35(33,34)18-17-20-7-3-1-4-8-20/h1-14,17-18,23,25,30H,15-16,19H2,(H,28,32)(H,29,31)/b18-17+. The second kappa shape index (κ2) is 11.0. The summed E-state index contributed by atoms with van der Waals surface area (Å²) in [6.07, 6.45) is 3.78. The molecule has 0 aromatic heterocycles. The van der Waals surface area contributed by atoms with E-state index in [9.17, 15) is 18.0 Å². The molecule has 35 heavy (non-hydrogen) atoms. The molecule has 4 rings (SSSR count). The Morgan fingerprint density at radius 1 is 0.886 bits per heavy atom. The molecule has 2 amide bonds. The third-order valence-corrected chi connectivity index (χ3v) is 6.49. The lowest BCUT2D eigenvalue weighted by atomic mass is 10.0. The summed E-state index contributed by atoms with van der Waals surface area (Å²) in [4.78, 5) is 25.6. The highest BCUT2D eigenvalue weighted by Crippen LogP contribution is 2.19. The van der Waals surface area contributed by atoms with Crippen molar-refractivity contribution in [3.8, 4) is 0 Å². The Bertz CT molecular complexity index is 1290. The molecule has 7 nitrogen and oxygen atoms in total. The predicted molar refractivity (Wildman–Crippen MR) is 137 cm³/mol. The molecule has 1 atom stereocenters. The molecule has 1 aliphatic rings. The van der Waals surface area contributed by atoms with Crippen molar-refractivity contribution in [3.05, 3.63) is 107 Å². The first-order valence-electron chi connectivity index (χ1n) is 11.4. The summed E-state index contributed by atoms with van der Waals surface area (Å²) in [6.45, 7) is 0. The SMILES string of the molecule is O=C(NC(Cc1ccccc1)C(=O)NC1CC1)c1ccc(NS(=O)(=O)/C=C/c2ccccc2)cc1. The van der Waals surface area contributed by atoms with E-state index in [1.165, 1.54) is 30.3 Å². The van der Waals surface area contributed by atoms with Gasteiger partial charge in [0.05, 0.1) is 5.41 Å². The third-order valence-electron chi connectivity index (χ3n) is 5.47. The summed E-state index contributed by atoms with van der Waals surface area (Å²) in [5, 5.41) is 6.87. The molecule has 180 valence electrons. The Hall–Kier alpha value is -3.91. The van der Waals surface area contributed by atoms with Gasteiger partial charge in [0.2, 0.25) is 5.91 Å². The average molecular weight is 490 g/mol. The number of carbonyl (C=O) groups excluding carboxylic acids is 2. The number of benzene rings is 3. The van der Waals surface area contributed by atoms with E-state index in [0.717, 1.165) is 29.4 Å². The van der Waals surface area contributed by atoms with E-state index in [4.69, 9.17) is 0 Å². The fourth-order valence-corrected chi connectivity index (χ4v) is 4.32. The van der Waals surface area contributed by atoms with Crippen molar-refractivity contribution in [1.29, 1.82) is 0 Å². The number of anilines is 1. The molecule has 1 fully saturated rings. The van der Waals surface area contributed by atoms with Gasteiger partial charge in [-0.15, -0.1) is 0 Å². The van der Waals surface area contributed by atoms with Gasteiger partial charge in [-0.05, 0) is 54.3 Å². The van der Waals surface area contributed by atoms with Gasteiger partial charge in [-0.25, -0.2) is 8.42 Å². The fraction of sp³-hybridized carbons (Fsp3) is 0.185. The van der Waals surface area contributed by atoms with Crippen LogP contribution in [0.5, 0.6) is 0 Å². The fourth-order valence-electron chi connectivity index (χ4n) is 3.45. The molecule has 0 saturated heterocycles. The number of carbonyl (C=O) groups is 2. The predicted octanol–water partition coefficient (Wildman–Crippen LogP) is 3.72. The molecule has 1 aliphatic carbocycles. The minimum Gasteiger partial charge on any atom is -0.352 e. The van der Waals surface area contributed by atoms with E-state index >= 15 is 0 Å². The lowest BCUT2D eigenvalue weighted by molar-refractivity contribution is -0.123. The quantitative estimate of drug-likeness (QED) is 0.404. The second-order valence-corrected chi connectivity index (χ2v) is 10.0. The maximum atomic E-state index is 12.9. The first kappa shape index (κ1) is 24.2. The molecule has 0 aliphatic heterocycles. The maximum Gasteiger partial charge on any atom is 0.255 e.